The van der Waals surface area contributed by atoms with E-state index >= 15 is 0 Å². The molecule has 0 saturated heterocycles. The largest absolute Gasteiger partial charge is 0.350 e. The van der Waals surface area contributed by atoms with Gasteiger partial charge in [-0.05, 0) is 11.0 Å². The van der Waals surface area contributed by atoms with Crippen LogP contribution in [0.3, 0.4) is 0 Å². The number of allylic oxidation sites excluding steroid dienone is 1. The number of urea groups is 1. The van der Waals surface area contributed by atoms with Crippen molar-refractivity contribution in [2.75, 3.05) is 0 Å². The summed E-state index contributed by atoms with van der Waals surface area (Å²) >= 11 is 0. The molecule has 66 valence electrons. The van der Waals surface area contributed by atoms with Crippen molar-refractivity contribution in [3.8, 4) is 0 Å². The van der Waals surface area contributed by atoms with Crippen LogP contribution in [0.2, 0.25) is 0 Å². The number of nitrogens with one attached hydrogen (secondary N) is 1. The first kappa shape index (κ1) is 8.77. The van der Waals surface area contributed by atoms with Crippen LogP contribution in [-0.2, 0) is 0 Å². The van der Waals surface area contributed by atoms with Crippen molar-refractivity contribution in [3.63, 3.8) is 0 Å². The van der Waals surface area contributed by atoms with E-state index in [4.69, 9.17) is 5.73 Å². The van der Waals surface area contributed by atoms with Crippen molar-refractivity contribution in [2.24, 2.45) is 16.3 Å². The van der Waals surface area contributed by atoms with Gasteiger partial charge in [-0.3, -0.25) is 0 Å². The van der Waals surface area contributed by atoms with Gasteiger partial charge in [-0.2, -0.15) is 5.10 Å². The number of primary amides is 1. The summed E-state index contributed by atoms with van der Waals surface area (Å²) in [4.78, 5) is 10.3. The second-order valence-electron chi connectivity index (χ2n) is 3.57. The Labute approximate surface area is 71.5 Å². The minimum absolute atomic E-state index is 0.123. The minimum Gasteiger partial charge on any atom is -0.350 e. The average molecular weight is 167 g/mol. The minimum atomic E-state index is -0.639. The Morgan fingerprint density at radius 1 is 1.75 bits per heavy atom. The molecule has 4 heteroatoms. The number of amides is 2. The van der Waals surface area contributed by atoms with Crippen molar-refractivity contribution in [1.29, 1.82) is 0 Å². The van der Waals surface area contributed by atoms with Gasteiger partial charge in [0, 0.05) is 6.42 Å². The Bertz CT molecular complexity index is 265. The molecule has 0 spiro atoms. The third kappa shape index (κ3) is 1.47. The Morgan fingerprint density at radius 2 is 2.33 bits per heavy atom. The van der Waals surface area contributed by atoms with Crippen LogP contribution in [0.25, 0.3) is 0 Å². The highest BCUT2D eigenvalue weighted by atomic mass is 16.2. The van der Waals surface area contributed by atoms with Crippen LogP contribution < -0.4 is 11.2 Å². The number of carbonyl (C=O) groups is 1. The first-order valence-corrected chi connectivity index (χ1v) is 3.75. The zero-order chi connectivity index (χ0) is 9.35. The standard InChI is InChI=1S/C8H13N3O/c1-5-6(4-8(5,2)3)10-11-7(9)12/h1,4H2,2-3H3,(H3,9,11,12)/b10-6+. The summed E-state index contributed by atoms with van der Waals surface area (Å²) < 4.78 is 0. The predicted molar refractivity (Wildman–Crippen MR) is 47.7 cm³/mol. The summed E-state index contributed by atoms with van der Waals surface area (Å²) in [7, 11) is 0. The van der Waals surface area contributed by atoms with E-state index in [2.05, 4.69) is 31.0 Å². The number of hydrazone groups is 1. The molecule has 12 heavy (non-hydrogen) atoms. The molecular weight excluding hydrogens is 154 g/mol. The molecule has 1 saturated carbocycles. The zero-order valence-corrected chi connectivity index (χ0v) is 7.35. The van der Waals surface area contributed by atoms with Gasteiger partial charge in [0.15, 0.2) is 0 Å². The monoisotopic (exact) mass is 167 g/mol. The van der Waals surface area contributed by atoms with Gasteiger partial charge in [-0.25, -0.2) is 10.2 Å². The molecule has 0 atom stereocenters. The highest BCUT2D eigenvalue weighted by molar-refractivity contribution is 6.08. The van der Waals surface area contributed by atoms with Crippen LogP contribution >= 0.6 is 0 Å². The highest BCUT2D eigenvalue weighted by Crippen LogP contribution is 2.41. The van der Waals surface area contributed by atoms with E-state index in [0.29, 0.717) is 0 Å². The van der Waals surface area contributed by atoms with Crippen molar-refractivity contribution in [3.05, 3.63) is 12.2 Å². The molecule has 0 aromatic carbocycles. The van der Waals surface area contributed by atoms with Gasteiger partial charge < -0.3 is 5.73 Å². The summed E-state index contributed by atoms with van der Waals surface area (Å²) in [6.07, 6.45) is 0.839. The topological polar surface area (TPSA) is 67.5 Å². The molecule has 1 fully saturated rings. The predicted octanol–water partition coefficient (Wildman–Crippen LogP) is 0.997. The number of nitrogens with zero attached hydrogens (tertiary/aromatic N) is 1. The SMILES string of the molecule is C=C1/C(=N/NC(N)=O)CC1(C)C. The maximum atomic E-state index is 10.3. The number of hydrogen-bond donors (Lipinski definition) is 2. The molecule has 0 bridgehead atoms. The van der Waals surface area contributed by atoms with Crippen molar-refractivity contribution in [2.45, 2.75) is 20.3 Å². The Hall–Kier alpha value is -1.32. The second-order valence-corrected chi connectivity index (χ2v) is 3.57. The van der Waals surface area contributed by atoms with E-state index in [1.54, 1.807) is 0 Å². The molecule has 0 radical (unpaired) electrons. The van der Waals surface area contributed by atoms with Crippen molar-refractivity contribution >= 4 is 11.7 Å². The van der Waals surface area contributed by atoms with Gasteiger partial charge in [0.2, 0.25) is 0 Å². The summed E-state index contributed by atoms with van der Waals surface area (Å²) in [5.74, 6) is 0. The molecule has 0 heterocycles. The Balaban J connectivity index is 2.55. The van der Waals surface area contributed by atoms with E-state index in [0.717, 1.165) is 17.7 Å². The van der Waals surface area contributed by atoms with Crippen LogP contribution in [0.5, 0.6) is 0 Å². The second kappa shape index (κ2) is 2.62. The molecule has 0 aliphatic heterocycles. The summed E-state index contributed by atoms with van der Waals surface area (Å²) in [6, 6.07) is -0.639. The number of rotatable bonds is 1. The Morgan fingerprint density at radius 3 is 2.67 bits per heavy atom. The quantitative estimate of drug-likeness (QED) is 0.562. The van der Waals surface area contributed by atoms with Crippen LogP contribution in [0, 0.1) is 5.41 Å². The fourth-order valence-electron chi connectivity index (χ4n) is 1.15. The van der Waals surface area contributed by atoms with E-state index in [1.165, 1.54) is 0 Å². The maximum absolute atomic E-state index is 10.3. The van der Waals surface area contributed by atoms with E-state index in [9.17, 15) is 4.79 Å². The number of carbonyl (C=O) groups excluding carboxylic acids is 1. The normalized spacial score (nSPS) is 23.5. The molecule has 1 aliphatic rings. The molecule has 4 nitrogen and oxygen atoms in total. The third-order valence-electron chi connectivity index (χ3n) is 2.08. The molecule has 1 aliphatic carbocycles. The van der Waals surface area contributed by atoms with Crippen LogP contribution in [0.15, 0.2) is 17.3 Å². The van der Waals surface area contributed by atoms with Gasteiger partial charge in [0.05, 0.1) is 5.71 Å². The lowest BCUT2D eigenvalue weighted by molar-refractivity contribution is 0.249. The van der Waals surface area contributed by atoms with Gasteiger partial charge in [-0.15, -0.1) is 0 Å². The molecule has 1 rings (SSSR count). The first-order chi connectivity index (χ1) is 5.43. The lowest BCUT2D eigenvalue weighted by atomic mass is 9.66. The molecule has 3 N–H and O–H groups in total. The van der Waals surface area contributed by atoms with Gasteiger partial charge >= 0.3 is 6.03 Å². The van der Waals surface area contributed by atoms with Gasteiger partial charge in [0.25, 0.3) is 0 Å². The summed E-state index contributed by atoms with van der Waals surface area (Å²) in [5.41, 5.74) is 8.95. The van der Waals surface area contributed by atoms with E-state index in [1.807, 2.05) is 0 Å². The Kier molecular flexibility index (Phi) is 1.92. The number of hydrogen-bond acceptors (Lipinski definition) is 2. The molecule has 0 aromatic rings. The molecular formula is C8H13N3O. The first-order valence-electron chi connectivity index (χ1n) is 3.75. The van der Waals surface area contributed by atoms with Gasteiger partial charge in [0.1, 0.15) is 0 Å². The summed E-state index contributed by atoms with van der Waals surface area (Å²) in [5, 5.41) is 3.80. The van der Waals surface area contributed by atoms with Crippen molar-refractivity contribution in [1.82, 2.24) is 5.43 Å². The zero-order valence-electron chi connectivity index (χ0n) is 7.35. The number of nitrogens with two attached hydrogens (primary N) is 1. The molecule has 0 aromatic heterocycles. The average Bonchev–Trinajstić information content (AvgIpc) is 1.97. The lowest BCUT2D eigenvalue weighted by Gasteiger charge is -2.38. The fourth-order valence-corrected chi connectivity index (χ4v) is 1.15. The molecule has 2 amide bonds. The lowest BCUT2D eigenvalue weighted by Crippen LogP contribution is -2.37. The van der Waals surface area contributed by atoms with Crippen LogP contribution in [-0.4, -0.2) is 11.7 Å². The fraction of sp³-hybridized carbons (Fsp3) is 0.500. The van der Waals surface area contributed by atoms with Crippen LogP contribution in [0.1, 0.15) is 20.3 Å². The molecule has 0 unspecified atom stereocenters. The summed E-state index contributed by atoms with van der Waals surface area (Å²) in [6.45, 7) is 8.01. The third-order valence-corrected chi connectivity index (χ3v) is 2.08. The highest BCUT2D eigenvalue weighted by Gasteiger charge is 2.37. The smallest absolute Gasteiger partial charge is 0.332 e. The maximum Gasteiger partial charge on any atom is 0.332 e. The van der Waals surface area contributed by atoms with E-state index < -0.39 is 6.03 Å². The van der Waals surface area contributed by atoms with E-state index in [-0.39, 0.29) is 5.41 Å². The van der Waals surface area contributed by atoms with Gasteiger partial charge in [-0.1, -0.05) is 20.4 Å². The van der Waals surface area contributed by atoms with Crippen LogP contribution in [0.4, 0.5) is 4.79 Å². The van der Waals surface area contributed by atoms with Crippen molar-refractivity contribution < 1.29 is 4.79 Å².